The van der Waals surface area contributed by atoms with Gasteiger partial charge in [0, 0.05) is 18.5 Å². The maximum Gasteiger partial charge on any atom is 0.252 e. The molecule has 0 aliphatic heterocycles. The van der Waals surface area contributed by atoms with Crippen LogP contribution >= 0.6 is 22.9 Å². The largest absolute Gasteiger partial charge is 0.252 e. The fourth-order valence-electron chi connectivity index (χ4n) is 1.57. The van der Waals surface area contributed by atoms with Crippen LogP contribution in [0.1, 0.15) is 30.7 Å². The van der Waals surface area contributed by atoms with E-state index in [0.29, 0.717) is 22.6 Å². The minimum absolute atomic E-state index is 0.360. The van der Waals surface area contributed by atoms with Gasteiger partial charge in [-0.25, -0.2) is 8.42 Å². The van der Waals surface area contributed by atoms with Crippen molar-refractivity contribution in [2.24, 2.45) is 5.92 Å². The molecule has 0 radical (unpaired) electrons. The Kier molecular flexibility index (Phi) is 5.65. The first-order valence-corrected chi connectivity index (χ1v) is 8.73. The van der Waals surface area contributed by atoms with E-state index in [1.807, 2.05) is 6.92 Å². The molecule has 0 N–H and O–H groups in total. The van der Waals surface area contributed by atoms with Crippen LogP contribution in [-0.4, -0.2) is 26.3 Å². The molecule has 0 saturated carbocycles. The Labute approximate surface area is 119 Å². The van der Waals surface area contributed by atoms with E-state index in [1.165, 1.54) is 15.6 Å². The topological polar surface area (TPSA) is 37.4 Å². The molecule has 1 rings (SSSR count). The molecule has 1 heterocycles. The van der Waals surface area contributed by atoms with E-state index in [2.05, 4.69) is 13.8 Å². The Hall–Kier alpha value is -0.100. The summed E-state index contributed by atoms with van der Waals surface area (Å²) in [6, 6.07) is 1.71. The van der Waals surface area contributed by atoms with E-state index >= 15 is 0 Å². The summed E-state index contributed by atoms with van der Waals surface area (Å²) >= 11 is 7.05. The van der Waals surface area contributed by atoms with Crippen molar-refractivity contribution >= 4 is 33.0 Å². The molecule has 1 atom stereocenters. The van der Waals surface area contributed by atoms with E-state index < -0.39 is 10.0 Å². The van der Waals surface area contributed by atoms with Crippen LogP contribution in [0.2, 0.25) is 0 Å². The summed E-state index contributed by atoms with van der Waals surface area (Å²) in [7, 11) is -1.73. The summed E-state index contributed by atoms with van der Waals surface area (Å²) in [5.41, 5.74) is 0.950. The zero-order chi connectivity index (χ0) is 13.9. The van der Waals surface area contributed by atoms with Gasteiger partial charge < -0.3 is 0 Å². The molecule has 104 valence electrons. The van der Waals surface area contributed by atoms with Gasteiger partial charge in [-0.1, -0.05) is 20.3 Å². The van der Waals surface area contributed by atoms with Gasteiger partial charge in [0.15, 0.2) is 0 Å². The van der Waals surface area contributed by atoms with Crippen molar-refractivity contribution in [1.29, 1.82) is 0 Å². The molecule has 3 nitrogen and oxygen atoms in total. The summed E-state index contributed by atoms with van der Waals surface area (Å²) in [6.07, 6.45) is 0.969. The molecule has 0 amide bonds. The molecule has 0 aliphatic carbocycles. The Morgan fingerprint density at radius 2 is 2.11 bits per heavy atom. The lowest BCUT2D eigenvalue weighted by Gasteiger charge is -2.19. The SMILES string of the molecule is CCC(C)CN(C)S(=O)(=O)c1cc(C)c(CCl)s1. The van der Waals surface area contributed by atoms with Crippen LogP contribution in [0.25, 0.3) is 0 Å². The fraction of sp³-hybridized carbons (Fsp3) is 0.667. The molecule has 1 aromatic rings. The molecule has 0 saturated heterocycles. The van der Waals surface area contributed by atoms with Crippen LogP contribution in [-0.2, 0) is 15.9 Å². The van der Waals surface area contributed by atoms with E-state index in [1.54, 1.807) is 13.1 Å². The molecule has 0 spiro atoms. The van der Waals surface area contributed by atoms with Gasteiger partial charge in [0.05, 0.1) is 5.88 Å². The van der Waals surface area contributed by atoms with Crippen molar-refractivity contribution in [2.75, 3.05) is 13.6 Å². The first-order chi connectivity index (χ1) is 8.32. The molecule has 6 heteroatoms. The Balaban J connectivity index is 2.98. The molecular weight excluding hydrogens is 290 g/mol. The molecule has 0 aliphatic rings. The second-order valence-electron chi connectivity index (χ2n) is 4.60. The number of alkyl halides is 1. The lowest BCUT2D eigenvalue weighted by atomic mass is 10.1. The maximum atomic E-state index is 12.4. The summed E-state index contributed by atoms with van der Waals surface area (Å²) in [5, 5.41) is 0. The number of nitrogens with zero attached hydrogens (tertiary/aromatic N) is 1. The van der Waals surface area contributed by atoms with E-state index in [0.717, 1.165) is 16.9 Å². The third-order valence-electron chi connectivity index (χ3n) is 3.05. The van der Waals surface area contributed by atoms with Crippen molar-refractivity contribution in [1.82, 2.24) is 4.31 Å². The van der Waals surface area contributed by atoms with E-state index in [9.17, 15) is 8.42 Å². The zero-order valence-electron chi connectivity index (χ0n) is 11.2. The van der Waals surface area contributed by atoms with Crippen molar-refractivity contribution in [3.8, 4) is 0 Å². The molecular formula is C12H20ClNO2S2. The van der Waals surface area contributed by atoms with Crippen molar-refractivity contribution < 1.29 is 8.42 Å². The Morgan fingerprint density at radius 3 is 2.56 bits per heavy atom. The van der Waals surface area contributed by atoms with Crippen LogP contribution in [0.4, 0.5) is 0 Å². The van der Waals surface area contributed by atoms with Gasteiger partial charge in [-0.3, -0.25) is 0 Å². The van der Waals surface area contributed by atoms with Crippen LogP contribution in [0.5, 0.6) is 0 Å². The number of hydrogen-bond donors (Lipinski definition) is 0. The number of thiophene rings is 1. The Morgan fingerprint density at radius 1 is 1.50 bits per heavy atom. The van der Waals surface area contributed by atoms with E-state index in [4.69, 9.17) is 11.6 Å². The third-order valence-corrected chi connectivity index (χ3v) is 6.98. The first kappa shape index (κ1) is 16.0. The smallest absolute Gasteiger partial charge is 0.206 e. The van der Waals surface area contributed by atoms with Gasteiger partial charge in [0.2, 0.25) is 0 Å². The predicted molar refractivity (Wildman–Crippen MR) is 77.9 cm³/mol. The van der Waals surface area contributed by atoms with Crippen molar-refractivity contribution in [3.63, 3.8) is 0 Å². The molecule has 1 unspecified atom stereocenters. The molecule has 1 aromatic heterocycles. The minimum atomic E-state index is -3.36. The first-order valence-electron chi connectivity index (χ1n) is 5.94. The summed E-state index contributed by atoms with van der Waals surface area (Å²) < 4.78 is 26.5. The zero-order valence-corrected chi connectivity index (χ0v) is 13.6. The number of aryl methyl sites for hydroxylation is 1. The Bertz CT molecular complexity index is 496. The highest BCUT2D eigenvalue weighted by molar-refractivity contribution is 7.91. The average Bonchev–Trinajstić information content (AvgIpc) is 2.70. The lowest BCUT2D eigenvalue weighted by Crippen LogP contribution is -2.30. The van der Waals surface area contributed by atoms with Gasteiger partial charge in [0.25, 0.3) is 10.0 Å². The second kappa shape index (κ2) is 6.37. The van der Waals surface area contributed by atoms with Gasteiger partial charge in [-0.2, -0.15) is 4.31 Å². The summed E-state index contributed by atoms with van der Waals surface area (Å²) in [6.45, 7) is 6.55. The second-order valence-corrected chi connectivity index (χ2v) is 8.28. The van der Waals surface area contributed by atoms with Gasteiger partial charge >= 0.3 is 0 Å². The van der Waals surface area contributed by atoms with Gasteiger partial charge in [0.1, 0.15) is 4.21 Å². The maximum absolute atomic E-state index is 12.4. The lowest BCUT2D eigenvalue weighted by molar-refractivity contribution is 0.394. The summed E-state index contributed by atoms with van der Waals surface area (Å²) in [4.78, 5) is 0.923. The van der Waals surface area contributed by atoms with Gasteiger partial charge in [-0.15, -0.1) is 22.9 Å². The monoisotopic (exact) mass is 309 g/mol. The average molecular weight is 310 g/mol. The highest BCUT2D eigenvalue weighted by Crippen LogP contribution is 2.29. The standard InChI is InChI=1S/C12H20ClNO2S2/c1-5-9(2)8-14(4)18(15,16)12-6-10(3)11(7-13)17-12/h6,9H,5,7-8H2,1-4H3. The number of rotatable bonds is 6. The molecule has 0 aromatic carbocycles. The highest BCUT2D eigenvalue weighted by atomic mass is 35.5. The third kappa shape index (κ3) is 3.47. The predicted octanol–water partition coefficient (Wildman–Crippen LogP) is 3.46. The molecule has 0 bridgehead atoms. The fourth-order valence-corrected chi connectivity index (χ4v) is 4.88. The van der Waals surface area contributed by atoms with Crippen molar-refractivity contribution in [2.45, 2.75) is 37.3 Å². The summed E-state index contributed by atoms with van der Waals surface area (Å²) in [5.74, 6) is 0.722. The normalized spacial score (nSPS) is 14.1. The highest BCUT2D eigenvalue weighted by Gasteiger charge is 2.24. The van der Waals surface area contributed by atoms with Crippen LogP contribution in [0.3, 0.4) is 0 Å². The molecule has 0 fully saturated rings. The van der Waals surface area contributed by atoms with Crippen LogP contribution < -0.4 is 0 Å². The van der Waals surface area contributed by atoms with E-state index in [-0.39, 0.29) is 0 Å². The minimum Gasteiger partial charge on any atom is -0.206 e. The van der Waals surface area contributed by atoms with Crippen LogP contribution in [0.15, 0.2) is 10.3 Å². The number of halogens is 1. The van der Waals surface area contributed by atoms with Crippen molar-refractivity contribution in [3.05, 3.63) is 16.5 Å². The van der Waals surface area contributed by atoms with Crippen LogP contribution in [0, 0.1) is 12.8 Å². The quantitative estimate of drug-likeness (QED) is 0.755. The molecule has 18 heavy (non-hydrogen) atoms. The number of sulfonamides is 1. The van der Waals surface area contributed by atoms with Gasteiger partial charge in [-0.05, 0) is 24.5 Å². The number of hydrogen-bond acceptors (Lipinski definition) is 3.